The summed E-state index contributed by atoms with van der Waals surface area (Å²) < 4.78 is 5.09. The van der Waals surface area contributed by atoms with Gasteiger partial charge >= 0.3 is 0 Å². The highest BCUT2D eigenvalue weighted by Crippen LogP contribution is 2.09. The molecule has 0 aliphatic rings. The summed E-state index contributed by atoms with van der Waals surface area (Å²) in [5.74, 6) is 0.635. The third-order valence-corrected chi connectivity index (χ3v) is 1.24. The molecule has 0 atom stereocenters. The lowest BCUT2D eigenvalue weighted by molar-refractivity contribution is 0.352. The van der Waals surface area contributed by atoms with Crippen LogP contribution in [-0.4, -0.2) is 0 Å². The van der Waals surface area contributed by atoms with E-state index in [1.54, 1.807) is 24.3 Å². The molecule has 0 bridgehead atoms. The highest BCUT2D eigenvalue weighted by atomic mass is 35.5. The molecule has 0 radical (unpaired) electrons. The number of ether oxygens (including phenoxy) is 1. The standard InChI is InChI=1S/C10H11ClO/c1-4-7-8-9(5-2)12-10(11)6-3/h4-5,7-8H,1,3H2,2H3/b8-7-,9-5+. The van der Waals surface area contributed by atoms with Crippen molar-refractivity contribution < 1.29 is 4.74 Å². The first-order valence-electron chi connectivity index (χ1n) is 3.43. The summed E-state index contributed by atoms with van der Waals surface area (Å²) in [5, 5.41) is 0.136. The maximum Gasteiger partial charge on any atom is 0.237 e. The first-order valence-corrected chi connectivity index (χ1v) is 3.81. The van der Waals surface area contributed by atoms with Crippen molar-refractivity contribution in [1.82, 2.24) is 0 Å². The maximum atomic E-state index is 5.54. The Kier molecular flexibility index (Phi) is 5.90. The SMILES string of the molecule is C=C=C(Cl)OC(/C=C\C=C)=C/C. The topological polar surface area (TPSA) is 9.23 Å². The fourth-order valence-electron chi connectivity index (χ4n) is 0.492. The van der Waals surface area contributed by atoms with E-state index in [0.717, 1.165) is 0 Å². The van der Waals surface area contributed by atoms with Crippen LogP contribution < -0.4 is 0 Å². The second-order valence-electron chi connectivity index (χ2n) is 1.84. The quantitative estimate of drug-likeness (QED) is 0.367. The molecular formula is C10H11ClO. The Morgan fingerprint density at radius 2 is 2.25 bits per heavy atom. The zero-order chi connectivity index (χ0) is 9.40. The lowest BCUT2D eigenvalue weighted by Crippen LogP contribution is -1.82. The third-order valence-electron chi connectivity index (χ3n) is 1.03. The number of hydrogen-bond acceptors (Lipinski definition) is 1. The van der Waals surface area contributed by atoms with Crippen LogP contribution >= 0.6 is 11.6 Å². The molecule has 0 heterocycles. The van der Waals surface area contributed by atoms with Crippen LogP contribution in [0.15, 0.2) is 54.2 Å². The third kappa shape index (κ3) is 4.62. The average molecular weight is 183 g/mol. The van der Waals surface area contributed by atoms with Crippen molar-refractivity contribution >= 4 is 11.6 Å². The molecule has 1 nitrogen and oxygen atoms in total. The zero-order valence-corrected chi connectivity index (χ0v) is 7.77. The summed E-state index contributed by atoms with van der Waals surface area (Å²) in [6.07, 6.45) is 6.92. The Morgan fingerprint density at radius 3 is 2.67 bits per heavy atom. The molecule has 0 unspecified atom stereocenters. The van der Waals surface area contributed by atoms with Gasteiger partial charge in [0.2, 0.25) is 5.22 Å². The van der Waals surface area contributed by atoms with E-state index in [2.05, 4.69) is 18.9 Å². The van der Waals surface area contributed by atoms with E-state index < -0.39 is 0 Å². The molecule has 0 saturated heterocycles. The minimum absolute atomic E-state index is 0.136. The second-order valence-corrected chi connectivity index (χ2v) is 2.18. The highest BCUT2D eigenvalue weighted by molar-refractivity contribution is 6.28. The van der Waals surface area contributed by atoms with E-state index in [1.807, 2.05) is 6.92 Å². The molecular weight excluding hydrogens is 172 g/mol. The molecule has 2 heteroatoms. The van der Waals surface area contributed by atoms with Gasteiger partial charge in [-0.15, -0.1) is 0 Å². The molecule has 0 spiro atoms. The predicted octanol–water partition coefficient (Wildman–Crippen LogP) is 3.51. The Morgan fingerprint density at radius 1 is 1.58 bits per heavy atom. The number of hydrogen-bond donors (Lipinski definition) is 0. The van der Waals surface area contributed by atoms with Gasteiger partial charge in [-0.1, -0.05) is 31.0 Å². The van der Waals surface area contributed by atoms with Crippen molar-refractivity contribution in [2.24, 2.45) is 0 Å². The molecule has 0 fully saturated rings. The molecule has 12 heavy (non-hydrogen) atoms. The van der Waals surface area contributed by atoms with Crippen LogP contribution in [0.1, 0.15) is 6.92 Å². The van der Waals surface area contributed by atoms with E-state index in [0.29, 0.717) is 5.76 Å². The molecule has 64 valence electrons. The van der Waals surface area contributed by atoms with Gasteiger partial charge in [0, 0.05) is 0 Å². The van der Waals surface area contributed by atoms with Crippen molar-refractivity contribution in [1.29, 1.82) is 0 Å². The fourth-order valence-corrected chi connectivity index (χ4v) is 0.581. The van der Waals surface area contributed by atoms with Gasteiger partial charge in [0.1, 0.15) is 5.76 Å². The van der Waals surface area contributed by atoms with Crippen LogP contribution in [-0.2, 0) is 4.74 Å². The minimum Gasteiger partial charge on any atom is -0.438 e. The van der Waals surface area contributed by atoms with Crippen molar-refractivity contribution in [3.63, 3.8) is 0 Å². The van der Waals surface area contributed by atoms with Crippen LogP contribution in [0, 0.1) is 0 Å². The summed E-state index contributed by atoms with van der Waals surface area (Å²) in [4.78, 5) is 0. The first-order chi connectivity index (χ1) is 5.74. The minimum atomic E-state index is 0.136. The molecule has 0 rings (SSSR count). The van der Waals surface area contributed by atoms with Crippen LogP contribution in [0.5, 0.6) is 0 Å². The molecule has 0 amide bonds. The van der Waals surface area contributed by atoms with E-state index in [4.69, 9.17) is 16.3 Å². The van der Waals surface area contributed by atoms with Crippen LogP contribution in [0.25, 0.3) is 0 Å². The Balaban J connectivity index is 4.30. The summed E-state index contributed by atoms with van der Waals surface area (Å²) in [5.41, 5.74) is 2.42. The molecule has 0 aliphatic carbocycles. The van der Waals surface area contributed by atoms with Crippen LogP contribution in [0.4, 0.5) is 0 Å². The van der Waals surface area contributed by atoms with Gasteiger partial charge in [0.25, 0.3) is 0 Å². The van der Waals surface area contributed by atoms with E-state index in [-0.39, 0.29) is 5.22 Å². The number of halogens is 1. The monoisotopic (exact) mass is 182 g/mol. The van der Waals surface area contributed by atoms with Gasteiger partial charge in [-0.25, -0.2) is 0 Å². The van der Waals surface area contributed by atoms with Crippen molar-refractivity contribution in [3.8, 4) is 0 Å². The largest absolute Gasteiger partial charge is 0.438 e. The summed E-state index contributed by atoms with van der Waals surface area (Å²) in [6.45, 7) is 8.71. The molecule has 0 N–H and O–H groups in total. The molecule has 0 aromatic rings. The van der Waals surface area contributed by atoms with Gasteiger partial charge in [-0.3, -0.25) is 0 Å². The normalized spacial score (nSPS) is 11.0. The summed E-state index contributed by atoms with van der Waals surface area (Å²) in [6, 6.07) is 0. The maximum absolute atomic E-state index is 5.54. The van der Waals surface area contributed by atoms with Crippen molar-refractivity contribution in [2.75, 3.05) is 0 Å². The van der Waals surface area contributed by atoms with Crippen LogP contribution in [0.3, 0.4) is 0 Å². The average Bonchev–Trinajstić information content (AvgIpc) is 2.11. The van der Waals surface area contributed by atoms with Crippen LogP contribution in [0.2, 0.25) is 0 Å². The smallest absolute Gasteiger partial charge is 0.237 e. The van der Waals surface area contributed by atoms with Gasteiger partial charge in [-0.2, -0.15) is 0 Å². The highest BCUT2D eigenvalue weighted by Gasteiger charge is 1.92. The second kappa shape index (κ2) is 6.53. The van der Waals surface area contributed by atoms with Crippen molar-refractivity contribution in [2.45, 2.75) is 6.92 Å². The molecule has 0 saturated carbocycles. The Bertz CT molecular complexity index is 255. The number of allylic oxidation sites excluding steroid dienone is 4. The molecule has 0 aromatic carbocycles. The van der Waals surface area contributed by atoms with E-state index in [1.165, 1.54) is 0 Å². The van der Waals surface area contributed by atoms with Gasteiger partial charge in [-0.05, 0) is 30.7 Å². The lowest BCUT2D eigenvalue weighted by atomic mass is 10.4. The summed E-state index contributed by atoms with van der Waals surface area (Å²) >= 11 is 5.54. The first kappa shape index (κ1) is 10.8. The Hall–Kier alpha value is -1.17. The van der Waals surface area contributed by atoms with Crippen molar-refractivity contribution in [3.05, 3.63) is 54.2 Å². The molecule has 0 aliphatic heterocycles. The lowest BCUT2D eigenvalue weighted by Gasteiger charge is -2.00. The van der Waals surface area contributed by atoms with Gasteiger partial charge < -0.3 is 4.74 Å². The fraction of sp³-hybridized carbons (Fsp3) is 0.100. The molecule has 0 aromatic heterocycles. The van der Waals surface area contributed by atoms with Gasteiger partial charge in [0.15, 0.2) is 0 Å². The zero-order valence-electron chi connectivity index (χ0n) is 7.01. The Labute approximate surface area is 78.0 Å². The van der Waals surface area contributed by atoms with Gasteiger partial charge in [0.05, 0.1) is 0 Å². The number of rotatable bonds is 4. The predicted molar refractivity (Wildman–Crippen MR) is 52.7 cm³/mol. The summed E-state index contributed by atoms with van der Waals surface area (Å²) in [7, 11) is 0. The van der Waals surface area contributed by atoms with E-state index >= 15 is 0 Å². The van der Waals surface area contributed by atoms with E-state index in [9.17, 15) is 0 Å².